The highest BCUT2D eigenvalue weighted by Crippen LogP contribution is 2.27. The van der Waals surface area contributed by atoms with E-state index in [1.807, 2.05) is 30.3 Å². The Labute approximate surface area is 126 Å². The number of rotatable bonds is 9. The molecule has 116 valence electrons. The fraction of sp³-hybridized carbons (Fsp3) is 0.529. The van der Waals surface area contributed by atoms with Crippen molar-refractivity contribution in [2.24, 2.45) is 5.92 Å². The molecular weight excluding hydrogens is 266 g/mol. The summed E-state index contributed by atoms with van der Waals surface area (Å²) in [4.78, 5) is 22.8. The molecule has 2 atom stereocenters. The van der Waals surface area contributed by atoms with Crippen LogP contribution >= 0.6 is 0 Å². The first-order valence-electron chi connectivity index (χ1n) is 7.60. The standard InChI is InChI=1S/C17H25NO3/c1-3-13(2)16(14-9-5-4-6-10-14)17(21)18-12-8-7-11-15(19)20/h4-6,9-10,13,16H,3,7-8,11-12H2,1-2H3,(H,18,21)(H,19,20). The highest BCUT2D eigenvalue weighted by molar-refractivity contribution is 5.83. The smallest absolute Gasteiger partial charge is 0.303 e. The van der Waals surface area contributed by atoms with Crippen molar-refractivity contribution < 1.29 is 14.7 Å². The Balaban J connectivity index is 2.55. The van der Waals surface area contributed by atoms with Gasteiger partial charge in [0.05, 0.1) is 5.92 Å². The Morgan fingerprint density at radius 3 is 2.43 bits per heavy atom. The molecule has 0 fully saturated rings. The molecule has 1 amide bonds. The van der Waals surface area contributed by atoms with E-state index < -0.39 is 5.97 Å². The van der Waals surface area contributed by atoms with E-state index in [-0.39, 0.29) is 24.2 Å². The molecule has 0 bridgehead atoms. The van der Waals surface area contributed by atoms with Gasteiger partial charge in [0, 0.05) is 13.0 Å². The number of nitrogens with one attached hydrogen (secondary N) is 1. The molecule has 0 heterocycles. The van der Waals surface area contributed by atoms with Crippen molar-refractivity contribution in [3.63, 3.8) is 0 Å². The van der Waals surface area contributed by atoms with Gasteiger partial charge in [0.25, 0.3) is 0 Å². The molecule has 4 nitrogen and oxygen atoms in total. The molecule has 0 aromatic heterocycles. The molecule has 4 heteroatoms. The number of carboxylic acids is 1. The second kappa shape index (κ2) is 9.16. The molecule has 0 saturated carbocycles. The first kappa shape index (κ1) is 17.2. The summed E-state index contributed by atoms with van der Waals surface area (Å²) in [7, 11) is 0. The van der Waals surface area contributed by atoms with Gasteiger partial charge in [0.15, 0.2) is 0 Å². The second-order valence-corrected chi connectivity index (χ2v) is 5.42. The van der Waals surface area contributed by atoms with Crippen molar-refractivity contribution in [2.75, 3.05) is 6.54 Å². The average Bonchev–Trinajstić information content (AvgIpc) is 2.47. The van der Waals surface area contributed by atoms with Crippen molar-refractivity contribution in [3.05, 3.63) is 35.9 Å². The van der Waals surface area contributed by atoms with Crippen LogP contribution in [-0.2, 0) is 9.59 Å². The summed E-state index contributed by atoms with van der Waals surface area (Å²) in [5.41, 5.74) is 1.04. The molecular formula is C17H25NO3. The minimum atomic E-state index is -0.789. The highest BCUT2D eigenvalue weighted by Gasteiger charge is 2.25. The van der Waals surface area contributed by atoms with E-state index in [1.165, 1.54) is 0 Å². The van der Waals surface area contributed by atoms with E-state index in [0.717, 1.165) is 12.0 Å². The van der Waals surface area contributed by atoms with Crippen molar-refractivity contribution in [2.45, 2.75) is 45.4 Å². The third kappa shape index (κ3) is 5.98. The minimum absolute atomic E-state index is 0.0332. The zero-order valence-corrected chi connectivity index (χ0v) is 12.8. The summed E-state index contributed by atoms with van der Waals surface area (Å²) in [6.45, 7) is 4.70. The Morgan fingerprint density at radius 2 is 1.86 bits per heavy atom. The maximum absolute atomic E-state index is 12.4. The first-order valence-corrected chi connectivity index (χ1v) is 7.60. The van der Waals surface area contributed by atoms with E-state index >= 15 is 0 Å². The number of carbonyl (C=O) groups is 2. The topological polar surface area (TPSA) is 66.4 Å². The summed E-state index contributed by atoms with van der Waals surface area (Å²) >= 11 is 0. The van der Waals surface area contributed by atoms with Crippen molar-refractivity contribution in [1.29, 1.82) is 0 Å². The molecule has 21 heavy (non-hydrogen) atoms. The lowest BCUT2D eigenvalue weighted by Crippen LogP contribution is -2.33. The van der Waals surface area contributed by atoms with Gasteiger partial charge in [-0.2, -0.15) is 0 Å². The predicted octanol–water partition coefficient (Wildman–Crippen LogP) is 3.19. The van der Waals surface area contributed by atoms with E-state index in [9.17, 15) is 9.59 Å². The van der Waals surface area contributed by atoms with E-state index in [1.54, 1.807) is 0 Å². The molecule has 0 aliphatic rings. The fourth-order valence-electron chi connectivity index (χ4n) is 2.36. The predicted molar refractivity (Wildman–Crippen MR) is 83.1 cm³/mol. The molecule has 0 radical (unpaired) electrons. The van der Waals surface area contributed by atoms with Gasteiger partial charge in [0.2, 0.25) is 5.91 Å². The number of unbranched alkanes of at least 4 members (excludes halogenated alkanes) is 1. The number of aliphatic carboxylic acids is 1. The maximum atomic E-state index is 12.4. The molecule has 1 aromatic carbocycles. The lowest BCUT2D eigenvalue weighted by atomic mass is 9.85. The third-order valence-corrected chi connectivity index (χ3v) is 3.77. The Hall–Kier alpha value is -1.84. The van der Waals surface area contributed by atoms with Crippen molar-refractivity contribution >= 4 is 11.9 Å². The van der Waals surface area contributed by atoms with Crippen LogP contribution < -0.4 is 5.32 Å². The molecule has 2 unspecified atom stereocenters. The Kier molecular flexibility index (Phi) is 7.51. The zero-order chi connectivity index (χ0) is 15.7. The van der Waals surface area contributed by atoms with Gasteiger partial charge < -0.3 is 10.4 Å². The van der Waals surface area contributed by atoms with Crippen LogP contribution in [0.2, 0.25) is 0 Å². The normalized spacial score (nSPS) is 13.4. The van der Waals surface area contributed by atoms with Crippen molar-refractivity contribution in [3.8, 4) is 0 Å². The molecule has 2 N–H and O–H groups in total. The first-order chi connectivity index (χ1) is 10.1. The molecule has 0 saturated heterocycles. The average molecular weight is 291 g/mol. The second-order valence-electron chi connectivity index (χ2n) is 5.42. The summed E-state index contributed by atoms with van der Waals surface area (Å²) < 4.78 is 0. The number of carboxylic acid groups (broad SMARTS) is 1. The van der Waals surface area contributed by atoms with Crippen LogP contribution in [0.4, 0.5) is 0 Å². The molecule has 0 aliphatic carbocycles. The SMILES string of the molecule is CCC(C)C(C(=O)NCCCCC(=O)O)c1ccccc1. The van der Waals surface area contributed by atoms with Crippen LogP contribution in [0, 0.1) is 5.92 Å². The van der Waals surface area contributed by atoms with E-state index in [2.05, 4.69) is 19.2 Å². The largest absolute Gasteiger partial charge is 0.481 e. The van der Waals surface area contributed by atoms with Crippen LogP contribution in [0.3, 0.4) is 0 Å². The fourth-order valence-corrected chi connectivity index (χ4v) is 2.36. The van der Waals surface area contributed by atoms with Crippen molar-refractivity contribution in [1.82, 2.24) is 5.32 Å². The van der Waals surface area contributed by atoms with Crippen LogP contribution in [0.5, 0.6) is 0 Å². The van der Waals surface area contributed by atoms with Gasteiger partial charge in [-0.3, -0.25) is 9.59 Å². The maximum Gasteiger partial charge on any atom is 0.303 e. The van der Waals surface area contributed by atoms with Gasteiger partial charge in [-0.25, -0.2) is 0 Å². The number of carbonyl (C=O) groups excluding carboxylic acids is 1. The van der Waals surface area contributed by atoms with Gasteiger partial charge in [-0.05, 0) is 24.3 Å². The number of hydrogen-bond donors (Lipinski definition) is 2. The lowest BCUT2D eigenvalue weighted by molar-refractivity contribution is -0.137. The zero-order valence-electron chi connectivity index (χ0n) is 12.8. The van der Waals surface area contributed by atoms with Gasteiger partial charge in [-0.15, -0.1) is 0 Å². The summed E-state index contributed by atoms with van der Waals surface area (Å²) in [5.74, 6) is -0.629. The monoisotopic (exact) mass is 291 g/mol. The van der Waals surface area contributed by atoms with Gasteiger partial charge in [0.1, 0.15) is 0 Å². The van der Waals surface area contributed by atoms with E-state index in [0.29, 0.717) is 19.4 Å². The molecule has 1 aromatic rings. The Morgan fingerprint density at radius 1 is 1.19 bits per heavy atom. The number of benzene rings is 1. The lowest BCUT2D eigenvalue weighted by Gasteiger charge is -2.22. The van der Waals surface area contributed by atoms with Gasteiger partial charge in [-0.1, -0.05) is 50.6 Å². The minimum Gasteiger partial charge on any atom is -0.481 e. The summed E-state index contributed by atoms with van der Waals surface area (Å²) in [6.07, 6.45) is 2.38. The number of hydrogen-bond acceptors (Lipinski definition) is 2. The quantitative estimate of drug-likeness (QED) is 0.687. The van der Waals surface area contributed by atoms with Gasteiger partial charge >= 0.3 is 5.97 Å². The van der Waals surface area contributed by atoms with Crippen LogP contribution in [0.25, 0.3) is 0 Å². The molecule has 0 aliphatic heterocycles. The highest BCUT2D eigenvalue weighted by atomic mass is 16.4. The van der Waals surface area contributed by atoms with Crippen LogP contribution in [0.15, 0.2) is 30.3 Å². The molecule has 1 rings (SSSR count). The van der Waals surface area contributed by atoms with Crippen LogP contribution in [-0.4, -0.2) is 23.5 Å². The number of amides is 1. The Bertz CT molecular complexity index is 445. The summed E-state index contributed by atoms with van der Waals surface area (Å²) in [5, 5.41) is 11.5. The third-order valence-electron chi connectivity index (χ3n) is 3.77. The molecule has 0 spiro atoms. The van der Waals surface area contributed by atoms with Crippen LogP contribution in [0.1, 0.15) is 51.0 Å². The summed E-state index contributed by atoms with van der Waals surface area (Å²) in [6, 6.07) is 9.82. The van der Waals surface area contributed by atoms with E-state index in [4.69, 9.17) is 5.11 Å².